The van der Waals surface area contributed by atoms with Crippen LogP contribution in [0.15, 0.2) is 18.2 Å². The summed E-state index contributed by atoms with van der Waals surface area (Å²) in [5, 5.41) is 0.661. The van der Waals surface area contributed by atoms with Crippen molar-refractivity contribution in [1.82, 2.24) is 0 Å². The van der Waals surface area contributed by atoms with E-state index in [2.05, 4.69) is 0 Å². The maximum atomic E-state index is 6.00. The van der Waals surface area contributed by atoms with E-state index < -0.39 is 0 Å². The van der Waals surface area contributed by atoms with Gasteiger partial charge >= 0.3 is 0 Å². The van der Waals surface area contributed by atoms with E-state index in [1.165, 1.54) is 0 Å². The Balaban J connectivity index is 2.68. The van der Waals surface area contributed by atoms with Crippen LogP contribution in [-0.4, -0.2) is 5.60 Å². The van der Waals surface area contributed by atoms with Gasteiger partial charge in [0.2, 0.25) is 0 Å². The van der Waals surface area contributed by atoms with Gasteiger partial charge in [0, 0.05) is 10.7 Å². The largest absolute Gasteiger partial charge is 0.399 e. The Bertz CT molecular complexity index is 318. The zero-order chi connectivity index (χ0) is 10.8. The molecule has 0 saturated carbocycles. The standard InChI is InChI=1S/C11H16ClNO/c1-11(2,3)14-7-8-4-5-9(13)6-10(8)12/h4-6H,7,13H2,1-3H3. The normalized spacial score (nSPS) is 11.7. The molecule has 1 aromatic carbocycles. The summed E-state index contributed by atoms with van der Waals surface area (Å²) in [7, 11) is 0. The van der Waals surface area contributed by atoms with Crippen LogP contribution in [0.2, 0.25) is 5.02 Å². The molecule has 78 valence electrons. The van der Waals surface area contributed by atoms with Crippen LogP contribution in [0, 0.1) is 0 Å². The van der Waals surface area contributed by atoms with Gasteiger partial charge in [-0.15, -0.1) is 0 Å². The molecule has 0 unspecified atom stereocenters. The second kappa shape index (κ2) is 4.20. The van der Waals surface area contributed by atoms with Crippen molar-refractivity contribution in [3.8, 4) is 0 Å². The number of halogens is 1. The smallest absolute Gasteiger partial charge is 0.0738 e. The van der Waals surface area contributed by atoms with Gasteiger partial charge in [-0.05, 0) is 38.5 Å². The molecule has 0 aliphatic heterocycles. The van der Waals surface area contributed by atoms with Gasteiger partial charge < -0.3 is 10.5 Å². The van der Waals surface area contributed by atoms with Crippen molar-refractivity contribution in [2.75, 3.05) is 5.73 Å². The first-order chi connectivity index (χ1) is 6.38. The fraction of sp³-hybridized carbons (Fsp3) is 0.455. The molecule has 3 heteroatoms. The Morgan fingerprint density at radius 3 is 2.50 bits per heavy atom. The fourth-order valence-corrected chi connectivity index (χ4v) is 1.22. The molecule has 2 nitrogen and oxygen atoms in total. The molecule has 0 amide bonds. The molecule has 0 aliphatic carbocycles. The first kappa shape index (κ1) is 11.3. The number of nitrogens with two attached hydrogens (primary N) is 1. The minimum atomic E-state index is -0.148. The molecule has 0 saturated heterocycles. The number of rotatable bonds is 2. The van der Waals surface area contributed by atoms with Crippen LogP contribution in [0.25, 0.3) is 0 Å². The Kier molecular flexibility index (Phi) is 3.40. The lowest BCUT2D eigenvalue weighted by molar-refractivity contribution is -0.0149. The Morgan fingerprint density at radius 1 is 1.36 bits per heavy atom. The monoisotopic (exact) mass is 213 g/mol. The number of nitrogen functional groups attached to an aromatic ring is 1. The van der Waals surface area contributed by atoms with Gasteiger partial charge in [0.05, 0.1) is 12.2 Å². The van der Waals surface area contributed by atoms with Crippen molar-refractivity contribution in [2.24, 2.45) is 0 Å². The lowest BCUT2D eigenvalue weighted by Gasteiger charge is -2.20. The fourth-order valence-electron chi connectivity index (χ4n) is 0.975. The summed E-state index contributed by atoms with van der Waals surface area (Å²) >= 11 is 6.00. The molecule has 1 rings (SSSR count). The molecule has 0 atom stereocenters. The van der Waals surface area contributed by atoms with Crippen LogP contribution in [0.5, 0.6) is 0 Å². The maximum absolute atomic E-state index is 6.00. The van der Waals surface area contributed by atoms with Crippen LogP contribution in [0.4, 0.5) is 5.69 Å². The third-order valence-electron chi connectivity index (χ3n) is 1.74. The van der Waals surface area contributed by atoms with E-state index in [1.54, 1.807) is 6.07 Å². The summed E-state index contributed by atoms with van der Waals surface area (Å²) in [6, 6.07) is 5.46. The van der Waals surface area contributed by atoms with Gasteiger partial charge in [-0.3, -0.25) is 0 Å². The van der Waals surface area contributed by atoms with E-state index >= 15 is 0 Å². The molecule has 0 spiro atoms. The number of hydrogen-bond donors (Lipinski definition) is 1. The summed E-state index contributed by atoms with van der Waals surface area (Å²) in [5.74, 6) is 0. The third-order valence-corrected chi connectivity index (χ3v) is 2.09. The number of benzene rings is 1. The molecule has 0 aliphatic rings. The van der Waals surface area contributed by atoms with Gasteiger partial charge in [-0.25, -0.2) is 0 Å². The molecule has 0 radical (unpaired) electrons. The predicted octanol–water partition coefficient (Wildman–Crippen LogP) is 3.24. The minimum absolute atomic E-state index is 0.148. The molecule has 1 aromatic rings. The van der Waals surface area contributed by atoms with Crippen molar-refractivity contribution in [3.05, 3.63) is 28.8 Å². The molecule has 2 N–H and O–H groups in total. The van der Waals surface area contributed by atoms with Crippen LogP contribution in [0.1, 0.15) is 26.3 Å². The lowest BCUT2D eigenvalue weighted by atomic mass is 10.1. The summed E-state index contributed by atoms with van der Waals surface area (Å²) < 4.78 is 5.61. The molecule has 14 heavy (non-hydrogen) atoms. The quantitative estimate of drug-likeness (QED) is 0.766. The SMILES string of the molecule is CC(C)(C)OCc1ccc(N)cc1Cl. The van der Waals surface area contributed by atoms with Crippen LogP contribution < -0.4 is 5.73 Å². The molecule has 0 bridgehead atoms. The average molecular weight is 214 g/mol. The second-order valence-electron chi connectivity index (χ2n) is 4.25. The maximum Gasteiger partial charge on any atom is 0.0738 e. The summed E-state index contributed by atoms with van der Waals surface area (Å²) in [6.45, 7) is 6.55. The Hall–Kier alpha value is -0.730. The van der Waals surface area contributed by atoms with Crippen molar-refractivity contribution < 1.29 is 4.74 Å². The number of hydrogen-bond acceptors (Lipinski definition) is 2. The van der Waals surface area contributed by atoms with E-state index in [9.17, 15) is 0 Å². The van der Waals surface area contributed by atoms with E-state index in [1.807, 2.05) is 32.9 Å². The van der Waals surface area contributed by atoms with Gasteiger partial charge in [0.15, 0.2) is 0 Å². The summed E-state index contributed by atoms with van der Waals surface area (Å²) in [6.07, 6.45) is 0. The zero-order valence-corrected chi connectivity index (χ0v) is 9.56. The van der Waals surface area contributed by atoms with E-state index in [0.29, 0.717) is 17.3 Å². The topological polar surface area (TPSA) is 35.2 Å². The highest BCUT2D eigenvalue weighted by atomic mass is 35.5. The van der Waals surface area contributed by atoms with E-state index in [4.69, 9.17) is 22.1 Å². The average Bonchev–Trinajstić information content (AvgIpc) is 2.00. The van der Waals surface area contributed by atoms with Crippen LogP contribution in [0.3, 0.4) is 0 Å². The molecular weight excluding hydrogens is 198 g/mol. The van der Waals surface area contributed by atoms with Crippen molar-refractivity contribution in [1.29, 1.82) is 0 Å². The van der Waals surface area contributed by atoms with Crippen molar-refractivity contribution in [3.63, 3.8) is 0 Å². The molecule has 0 heterocycles. The number of ether oxygens (including phenoxy) is 1. The summed E-state index contributed by atoms with van der Waals surface area (Å²) in [4.78, 5) is 0. The highest BCUT2D eigenvalue weighted by molar-refractivity contribution is 6.31. The second-order valence-corrected chi connectivity index (χ2v) is 4.66. The number of anilines is 1. The van der Waals surface area contributed by atoms with E-state index in [-0.39, 0.29) is 5.60 Å². The van der Waals surface area contributed by atoms with Crippen molar-refractivity contribution >= 4 is 17.3 Å². The van der Waals surface area contributed by atoms with E-state index in [0.717, 1.165) is 5.56 Å². The zero-order valence-electron chi connectivity index (χ0n) is 8.80. The lowest BCUT2D eigenvalue weighted by Crippen LogP contribution is -2.18. The minimum Gasteiger partial charge on any atom is -0.399 e. The predicted molar refractivity (Wildman–Crippen MR) is 60.4 cm³/mol. The molecule has 0 aromatic heterocycles. The first-order valence-corrected chi connectivity index (χ1v) is 4.94. The highest BCUT2D eigenvalue weighted by Crippen LogP contribution is 2.21. The molecule has 0 fully saturated rings. The first-order valence-electron chi connectivity index (χ1n) is 4.56. The molecular formula is C11H16ClNO. The van der Waals surface area contributed by atoms with Gasteiger partial charge in [-0.1, -0.05) is 17.7 Å². The highest BCUT2D eigenvalue weighted by Gasteiger charge is 2.11. The van der Waals surface area contributed by atoms with Crippen molar-refractivity contribution in [2.45, 2.75) is 33.0 Å². The van der Waals surface area contributed by atoms with Gasteiger partial charge in [-0.2, -0.15) is 0 Å². The third kappa shape index (κ3) is 3.56. The Labute approximate surface area is 90.0 Å². The van der Waals surface area contributed by atoms with Gasteiger partial charge in [0.25, 0.3) is 0 Å². The van der Waals surface area contributed by atoms with Crippen LogP contribution >= 0.6 is 11.6 Å². The summed E-state index contributed by atoms with van der Waals surface area (Å²) in [5.41, 5.74) is 7.08. The van der Waals surface area contributed by atoms with Gasteiger partial charge in [0.1, 0.15) is 0 Å². The Morgan fingerprint density at radius 2 is 2.00 bits per heavy atom. The van der Waals surface area contributed by atoms with Crippen LogP contribution in [-0.2, 0) is 11.3 Å².